The molecule has 0 aromatic heterocycles. The van der Waals surface area contributed by atoms with Gasteiger partial charge in [-0.25, -0.2) is 9.59 Å². The zero-order valence-corrected chi connectivity index (χ0v) is 6.40. The highest BCUT2D eigenvalue weighted by Gasteiger charge is 2.37. The lowest BCUT2D eigenvalue weighted by molar-refractivity contribution is -0.124. The van der Waals surface area contributed by atoms with Gasteiger partial charge in [0.15, 0.2) is 6.61 Å². The van der Waals surface area contributed by atoms with Crippen LogP contribution >= 0.6 is 0 Å². The van der Waals surface area contributed by atoms with Crippen molar-refractivity contribution >= 4 is 18.1 Å². The van der Waals surface area contributed by atoms with Crippen molar-refractivity contribution in [3.8, 4) is 0 Å². The fraction of sp³-hybridized carbons (Fsp3) is 0.500. The molecule has 0 radical (unpaired) electrons. The van der Waals surface area contributed by atoms with Crippen LogP contribution in [0.15, 0.2) is 0 Å². The summed E-state index contributed by atoms with van der Waals surface area (Å²) in [5, 5.41) is 0. The first-order chi connectivity index (χ1) is 5.66. The number of imide groups is 3. The van der Waals surface area contributed by atoms with Crippen LogP contribution < -0.4 is 0 Å². The fourth-order valence-corrected chi connectivity index (χ4v) is 0.719. The van der Waals surface area contributed by atoms with Crippen LogP contribution in [0.3, 0.4) is 0 Å². The number of carbonyl (C=O) groups is 3. The van der Waals surface area contributed by atoms with Crippen LogP contribution in [0.2, 0.25) is 0 Å². The van der Waals surface area contributed by atoms with Crippen LogP contribution in [0, 0.1) is 0 Å². The molecular weight excluding hydrogens is 166 g/mol. The van der Waals surface area contributed by atoms with E-state index in [1.165, 1.54) is 0 Å². The predicted molar refractivity (Wildman–Crippen MR) is 35.2 cm³/mol. The van der Waals surface area contributed by atoms with E-state index in [0.717, 1.165) is 0 Å². The maximum absolute atomic E-state index is 10.8. The van der Waals surface area contributed by atoms with Crippen LogP contribution in [0.4, 0.5) is 9.59 Å². The Balaban J connectivity index is 2.66. The lowest BCUT2D eigenvalue weighted by Gasteiger charge is -2.07. The summed E-state index contributed by atoms with van der Waals surface area (Å²) in [6.07, 6.45) is -1.96. The summed E-state index contributed by atoms with van der Waals surface area (Å²) in [4.78, 5) is 32.6. The van der Waals surface area contributed by atoms with Gasteiger partial charge in [-0.1, -0.05) is 0 Å². The minimum Gasteiger partial charge on any atom is -0.449 e. The summed E-state index contributed by atoms with van der Waals surface area (Å²) in [5.74, 6) is -0.696. The lowest BCUT2D eigenvalue weighted by atomic mass is 10.6. The largest absolute Gasteiger partial charge is 0.449 e. The molecule has 6 nitrogen and oxygen atoms in total. The van der Waals surface area contributed by atoms with Gasteiger partial charge in [-0.3, -0.25) is 4.79 Å². The standard InChI is InChI=1S/C6H7NO5/c1-2-11-5(9)7-4(8)3-12-6(7)10/h2-3H2,1H3. The smallest absolute Gasteiger partial charge is 0.426 e. The molecule has 0 aliphatic carbocycles. The number of nitrogens with zero attached hydrogens (tertiary/aromatic N) is 1. The molecule has 12 heavy (non-hydrogen) atoms. The minimum atomic E-state index is -0.981. The summed E-state index contributed by atoms with van der Waals surface area (Å²) in [5.41, 5.74) is 0. The highest BCUT2D eigenvalue weighted by Crippen LogP contribution is 2.06. The van der Waals surface area contributed by atoms with E-state index in [1.54, 1.807) is 6.92 Å². The Labute approximate surface area is 68.0 Å². The Kier molecular flexibility index (Phi) is 2.27. The molecule has 0 aromatic rings. The molecule has 6 heteroatoms. The van der Waals surface area contributed by atoms with Gasteiger partial charge >= 0.3 is 12.2 Å². The summed E-state index contributed by atoms with van der Waals surface area (Å²) in [7, 11) is 0. The molecule has 0 N–H and O–H groups in total. The van der Waals surface area contributed by atoms with E-state index in [9.17, 15) is 14.4 Å². The van der Waals surface area contributed by atoms with Gasteiger partial charge in [0, 0.05) is 0 Å². The van der Waals surface area contributed by atoms with Crippen molar-refractivity contribution in [3.05, 3.63) is 0 Å². The van der Waals surface area contributed by atoms with Gasteiger partial charge in [0.05, 0.1) is 6.61 Å². The molecular formula is C6H7NO5. The van der Waals surface area contributed by atoms with E-state index in [0.29, 0.717) is 4.90 Å². The van der Waals surface area contributed by atoms with Crippen molar-refractivity contribution in [1.82, 2.24) is 4.90 Å². The van der Waals surface area contributed by atoms with E-state index < -0.39 is 24.7 Å². The zero-order chi connectivity index (χ0) is 9.14. The van der Waals surface area contributed by atoms with Gasteiger partial charge in [0.1, 0.15) is 0 Å². The maximum Gasteiger partial charge on any atom is 0.426 e. The van der Waals surface area contributed by atoms with Crippen molar-refractivity contribution in [3.63, 3.8) is 0 Å². The summed E-state index contributed by atoms with van der Waals surface area (Å²) in [6.45, 7) is 1.29. The molecule has 1 aliphatic rings. The van der Waals surface area contributed by atoms with E-state index in [4.69, 9.17) is 0 Å². The van der Waals surface area contributed by atoms with Gasteiger partial charge in [0.25, 0.3) is 5.91 Å². The van der Waals surface area contributed by atoms with E-state index in [-0.39, 0.29) is 6.61 Å². The zero-order valence-electron chi connectivity index (χ0n) is 6.40. The van der Waals surface area contributed by atoms with Crippen molar-refractivity contribution in [2.75, 3.05) is 13.2 Å². The normalized spacial score (nSPS) is 16.2. The Morgan fingerprint density at radius 1 is 1.67 bits per heavy atom. The molecule has 1 fully saturated rings. The van der Waals surface area contributed by atoms with Crippen molar-refractivity contribution in [2.24, 2.45) is 0 Å². The Morgan fingerprint density at radius 3 is 2.75 bits per heavy atom. The SMILES string of the molecule is CCOC(=O)N1C(=O)COC1=O. The molecule has 1 rings (SSSR count). The van der Waals surface area contributed by atoms with Gasteiger partial charge in [-0.2, -0.15) is 0 Å². The number of hydrogen-bond donors (Lipinski definition) is 0. The molecule has 66 valence electrons. The topological polar surface area (TPSA) is 72.9 Å². The van der Waals surface area contributed by atoms with Crippen LogP contribution in [0.1, 0.15) is 6.92 Å². The number of ether oxygens (including phenoxy) is 2. The third-order valence-corrected chi connectivity index (χ3v) is 1.20. The molecule has 0 aromatic carbocycles. The van der Waals surface area contributed by atoms with Gasteiger partial charge in [-0.05, 0) is 6.92 Å². The summed E-state index contributed by atoms with van der Waals surface area (Å²) in [6, 6.07) is 0. The Hall–Kier alpha value is -1.59. The Morgan fingerprint density at radius 2 is 2.33 bits per heavy atom. The number of hydrogen-bond acceptors (Lipinski definition) is 5. The van der Waals surface area contributed by atoms with Gasteiger partial charge < -0.3 is 9.47 Å². The average molecular weight is 173 g/mol. The summed E-state index contributed by atoms with van der Waals surface area (Å²) >= 11 is 0. The number of amides is 3. The first kappa shape index (κ1) is 8.51. The van der Waals surface area contributed by atoms with Crippen molar-refractivity contribution < 1.29 is 23.9 Å². The quantitative estimate of drug-likeness (QED) is 0.563. The van der Waals surface area contributed by atoms with Crippen LogP contribution in [-0.2, 0) is 14.3 Å². The van der Waals surface area contributed by atoms with Crippen LogP contribution in [0.5, 0.6) is 0 Å². The molecule has 0 saturated carbocycles. The average Bonchev–Trinajstić information content (AvgIpc) is 2.32. The fourth-order valence-electron chi connectivity index (χ4n) is 0.719. The van der Waals surface area contributed by atoms with Gasteiger partial charge in [-0.15, -0.1) is 4.90 Å². The monoisotopic (exact) mass is 173 g/mol. The third-order valence-electron chi connectivity index (χ3n) is 1.20. The number of carbonyl (C=O) groups excluding carboxylic acids is 3. The van der Waals surface area contributed by atoms with Crippen LogP contribution in [-0.4, -0.2) is 36.2 Å². The van der Waals surface area contributed by atoms with E-state index in [1.807, 2.05) is 0 Å². The molecule has 3 amide bonds. The van der Waals surface area contributed by atoms with Crippen molar-refractivity contribution in [1.29, 1.82) is 0 Å². The molecule has 1 saturated heterocycles. The molecule has 0 bridgehead atoms. The first-order valence-electron chi connectivity index (χ1n) is 3.33. The lowest BCUT2D eigenvalue weighted by Crippen LogP contribution is -2.35. The second kappa shape index (κ2) is 3.21. The molecule has 1 aliphatic heterocycles. The maximum atomic E-state index is 10.8. The van der Waals surface area contributed by atoms with Crippen LogP contribution in [0.25, 0.3) is 0 Å². The molecule has 0 atom stereocenters. The molecule has 1 heterocycles. The molecule has 0 unspecified atom stereocenters. The first-order valence-corrected chi connectivity index (χ1v) is 3.33. The molecule has 0 spiro atoms. The second-order valence-electron chi connectivity index (χ2n) is 1.98. The highest BCUT2D eigenvalue weighted by atomic mass is 16.6. The Bertz CT molecular complexity index is 220. The van der Waals surface area contributed by atoms with E-state index in [2.05, 4.69) is 9.47 Å². The highest BCUT2D eigenvalue weighted by molar-refractivity contribution is 6.10. The van der Waals surface area contributed by atoms with E-state index >= 15 is 0 Å². The van der Waals surface area contributed by atoms with Gasteiger partial charge in [0.2, 0.25) is 0 Å². The number of cyclic esters (lactones) is 1. The third kappa shape index (κ3) is 1.36. The van der Waals surface area contributed by atoms with Crippen molar-refractivity contribution in [2.45, 2.75) is 6.92 Å². The predicted octanol–water partition coefficient (Wildman–Crippen LogP) is 0.122. The second-order valence-corrected chi connectivity index (χ2v) is 1.98. The summed E-state index contributed by atoms with van der Waals surface area (Å²) < 4.78 is 8.71. The number of rotatable bonds is 1. The minimum absolute atomic E-state index is 0.107.